The highest BCUT2D eigenvalue weighted by atomic mass is 16.5. The van der Waals surface area contributed by atoms with Crippen LogP contribution in [0, 0.1) is 6.92 Å². The van der Waals surface area contributed by atoms with E-state index in [0.717, 1.165) is 11.1 Å². The third kappa shape index (κ3) is 3.85. The van der Waals surface area contributed by atoms with Gasteiger partial charge in [0.15, 0.2) is 6.61 Å². The molecule has 0 aliphatic carbocycles. The van der Waals surface area contributed by atoms with Gasteiger partial charge in [0.05, 0.1) is 11.3 Å². The molecule has 0 fully saturated rings. The van der Waals surface area contributed by atoms with E-state index < -0.39 is 5.97 Å². The molecule has 26 heavy (non-hydrogen) atoms. The number of carbonyl (C=O) groups is 2. The Bertz CT molecular complexity index is 934. The lowest BCUT2D eigenvalue weighted by molar-refractivity contribution is -0.124. The highest BCUT2D eigenvalue weighted by Crippen LogP contribution is 2.11. The van der Waals surface area contributed by atoms with Crippen molar-refractivity contribution < 1.29 is 14.3 Å². The first-order valence-corrected chi connectivity index (χ1v) is 8.25. The molecular formula is C18H19N5O3. The number of esters is 1. The van der Waals surface area contributed by atoms with Crippen LogP contribution in [-0.2, 0) is 22.5 Å². The van der Waals surface area contributed by atoms with Gasteiger partial charge < -0.3 is 10.1 Å². The smallest absolute Gasteiger partial charge is 0.342 e. The Kier molecular flexibility index (Phi) is 5.21. The predicted octanol–water partition coefficient (Wildman–Crippen LogP) is 1.47. The van der Waals surface area contributed by atoms with E-state index in [1.807, 2.05) is 38.1 Å². The second-order valence-corrected chi connectivity index (χ2v) is 5.78. The first kappa shape index (κ1) is 17.5. The normalized spacial score (nSPS) is 10.7. The minimum Gasteiger partial charge on any atom is -0.452 e. The molecule has 3 aromatic rings. The average Bonchev–Trinajstić information content (AvgIpc) is 3.13. The minimum atomic E-state index is -0.614. The van der Waals surface area contributed by atoms with Gasteiger partial charge in [-0.1, -0.05) is 36.8 Å². The van der Waals surface area contributed by atoms with Gasteiger partial charge in [0.25, 0.3) is 11.7 Å². The molecule has 134 valence electrons. The summed E-state index contributed by atoms with van der Waals surface area (Å²) in [5.74, 6) is -0.571. The number of carbonyl (C=O) groups excluding carboxylic acids is 2. The topological polar surface area (TPSA) is 98.5 Å². The van der Waals surface area contributed by atoms with E-state index in [0.29, 0.717) is 24.4 Å². The van der Waals surface area contributed by atoms with Crippen molar-refractivity contribution in [2.75, 3.05) is 6.61 Å². The summed E-state index contributed by atoms with van der Waals surface area (Å²) in [6.07, 6.45) is 3.32. The molecule has 1 N–H and O–H groups in total. The van der Waals surface area contributed by atoms with E-state index in [1.54, 1.807) is 0 Å². The van der Waals surface area contributed by atoms with Gasteiger partial charge in [0, 0.05) is 12.7 Å². The van der Waals surface area contributed by atoms with Gasteiger partial charge in [-0.05, 0) is 18.9 Å². The SMILES string of the molecule is CCc1c(C(=O)OCC(=O)NCc2ccc(C)cc2)cnc2ncnn12. The Balaban J connectivity index is 1.58. The van der Waals surface area contributed by atoms with Gasteiger partial charge in [0.2, 0.25) is 0 Å². The predicted molar refractivity (Wildman–Crippen MR) is 93.5 cm³/mol. The summed E-state index contributed by atoms with van der Waals surface area (Å²) in [7, 11) is 0. The van der Waals surface area contributed by atoms with Crippen LogP contribution in [-0.4, -0.2) is 38.1 Å². The maximum absolute atomic E-state index is 12.3. The number of nitrogens with one attached hydrogen (secondary N) is 1. The van der Waals surface area contributed by atoms with Crippen molar-refractivity contribution in [1.29, 1.82) is 0 Å². The largest absolute Gasteiger partial charge is 0.452 e. The van der Waals surface area contributed by atoms with Gasteiger partial charge in [-0.3, -0.25) is 4.79 Å². The number of fused-ring (bicyclic) bond motifs is 1. The number of rotatable bonds is 6. The fourth-order valence-electron chi connectivity index (χ4n) is 2.50. The summed E-state index contributed by atoms with van der Waals surface area (Å²) < 4.78 is 6.61. The van der Waals surface area contributed by atoms with Crippen LogP contribution >= 0.6 is 0 Å². The minimum absolute atomic E-state index is 0.275. The summed E-state index contributed by atoms with van der Waals surface area (Å²) >= 11 is 0. The van der Waals surface area contributed by atoms with Gasteiger partial charge in [-0.2, -0.15) is 10.1 Å². The molecule has 0 aliphatic rings. The molecule has 1 aromatic carbocycles. The fraction of sp³-hybridized carbons (Fsp3) is 0.278. The van der Waals surface area contributed by atoms with Crippen molar-refractivity contribution in [3.05, 3.63) is 59.2 Å². The lowest BCUT2D eigenvalue weighted by atomic mass is 10.1. The molecule has 2 aromatic heterocycles. The number of hydrogen-bond acceptors (Lipinski definition) is 6. The Labute approximate surface area is 150 Å². The highest BCUT2D eigenvalue weighted by Gasteiger charge is 2.18. The van der Waals surface area contributed by atoms with Crippen LogP contribution in [0.15, 0.2) is 36.8 Å². The Hall–Kier alpha value is -3.29. The van der Waals surface area contributed by atoms with Crippen LogP contribution in [0.2, 0.25) is 0 Å². The van der Waals surface area contributed by atoms with E-state index in [9.17, 15) is 9.59 Å². The molecular weight excluding hydrogens is 334 g/mol. The van der Waals surface area contributed by atoms with Crippen molar-refractivity contribution in [3.8, 4) is 0 Å². The lowest BCUT2D eigenvalue weighted by Gasteiger charge is -2.09. The molecule has 0 bridgehead atoms. The molecule has 3 rings (SSSR count). The summed E-state index contributed by atoms with van der Waals surface area (Å²) in [5.41, 5.74) is 3.04. The molecule has 1 amide bonds. The first-order chi connectivity index (χ1) is 12.6. The van der Waals surface area contributed by atoms with Crippen molar-refractivity contribution in [1.82, 2.24) is 24.9 Å². The Morgan fingerprint density at radius 2 is 1.96 bits per heavy atom. The van der Waals surface area contributed by atoms with Crippen molar-refractivity contribution in [2.45, 2.75) is 26.8 Å². The number of aromatic nitrogens is 4. The fourth-order valence-corrected chi connectivity index (χ4v) is 2.50. The molecule has 0 unspecified atom stereocenters. The summed E-state index contributed by atoms with van der Waals surface area (Å²) in [4.78, 5) is 32.3. The van der Waals surface area contributed by atoms with Gasteiger partial charge in [0.1, 0.15) is 6.33 Å². The third-order valence-electron chi connectivity index (χ3n) is 3.90. The summed E-state index contributed by atoms with van der Waals surface area (Å²) in [5, 5.41) is 6.77. The maximum Gasteiger partial charge on any atom is 0.342 e. The van der Waals surface area contributed by atoms with E-state index >= 15 is 0 Å². The second kappa shape index (κ2) is 7.73. The third-order valence-corrected chi connectivity index (χ3v) is 3.90. The molecule has 0 spiro atoms. The number of ether oxygens (including phenoxy) is 1. The number of nitrogens with zero attached hydrogens (tertiary/aromatic N) is 4. The Morgan fingerprint density at radius 3 is 2.69 bits per heavy atom. The molecule has 0 saturated heterocycles. The Morgan fingerprint density at radius 1 is 1.19 bits per heavy atom. The number of hydrogen-bond donors (Lipinski definition) is 1. The zero-order chi connectivity index (χ0) is 18.5. The molecule has 8 nitrogen and oxygen atoms in total. The number of benzene rings is 1. The standard InChI is InChI=1S/C18H19N5O3/c1-3-15-14(9-20-18-21-11-22-23(15)18)17(25)26-10-16(24)19-8-13-6-4-12(2)5-7-13/h4-7,9,11H,3,8,10H2,1-2H3,(H,19,24). The van der Waals surface area contributed by atoms with E-state index in [4.69, 9.17) is 4.74 Å². The molecule has 0 radical (unpaired) electrons. The monoisotopic (exact) mass is 353 g/mol. The highest BCUT2D eigenvalue weighted by molar-refractivity contribution is 5.92. The van der Waals surface area contributed by atoms with Crippen LogP contribution in [0.3, 0.4) is 0 Å². The number of aryl methyl sites for hydroxylation is 2. The maximum atomic E-state index is 12.3. The van der Waals surface area contributed by atoms with Gasteiger partial charge in [-0.15, -0.1) is 0 Å². The van der Waals surface area contributed by atoms with E-state index in [2.05, 4.69) is 20.4 Å². The van der Waals surface area contributed by atoms with Crippen LogP contribution in [0.4, 0.5) is 0 Å². The van der Waals surface area contributed by atoms with Crippen molar-refractivity contribution in [3.63, 3.8) is 0 Å². The zero-order valence-corrected chi connectivity index (χ0v) is 14.6. The van der Waals surface area contributed by atoms with Gasteiger partial charge >= 0.3 is 5.97 Å². The molecule has 0 atom stereocenters. The van der Waals surface area contributed by atoms with E-state index in [1.165, 1.54) is 17.0 Å². The van der Waals surface area contributed by atoms with Gasteiger partial charge in [-0.25, -0.2) is 14.3 Å². The second-order valence-electron chi connectivity index (χ2n) is 5.78. The molecule has 8 heteroatoms. The summed E-state index contributed by atoms with van der Waals surface area (Å²) in [6.45, 7) is 3.91. The lowest BCUT2D eigenvalue weighted by Crippen LogP contribution is -2.28. The van der Waals surface area contributed by atoms with Crippen molar-refractivity contribution in [2.24, 2.45) is 0 Å². The zero-order valence-electron chi connectivity index (χ0n) is 14.6. The van der Waals surface area contributed by atoms with E-state index in [-0.39, 0.29) is 18.1 Å². The van der Waals surface area contributed by atoms with Crippen LogP contribution in [0.1, 0.15) is 34.1 Å². The quantitative estimate of drug-likeness (QED) is 0.674. The van der Waals surface area contributed by atoms with Crippen LogP contribution in [0.25, 0.3) is 5.78 Å². The molecule has 0 saturated carbocycles. The molecule has 0 aliphatic heterocycles. The number of amides is 1. The van der Waals surface area contributed by atoms with Crippen molar-refractivity contribution >= 4 is 17.7 Å². The van der Waals surface area contributed by atoms with Crippen LogP contribution in [0.5, 0.6) is 0 Å². The summed E-state index contributed by atoms with van der Waals surface area (Å²) in [6, 6.07) is 7.82. The first-order valence-electron chi connectivity index (χ1n) is 8.25. The van der Waals surface area contributed by atoms with Crippen LogP contribution < -0.4 is 5.32 Å². The molecule has 2 heterocycles. The average molecular weight is 353 g/mol.